The number of amides is 1. The summed E-state index contributed by atoms with van der Waals surface area (Å²) in [5.74, 6) is 1.41. The Kier molecular flexibility index (Phi) is 5.70. The number of ether oxygens (including phenoxy) is 3. The molecule has 6 rings (SSSR count). The normalized spacial score (nSPS) is 17.8. The Bertz CT molecular complexity index is 1350. The smallest absolute Gasteiger partial charge is 0.246 e. The van der Waals surface area contributed by atoms with Gasteiger partial charge in [0.25, 0.3) is 0 Å². The van der Waals surface area contributed by atoms with Gasteiger partial charge in [-0.15, -0.1) is 0 Å². The van der Waals surface area contributed by atoms with E-state index in [0.717, 1.165) is 27.9 Å². The molecule has 0 saturated carbocycles. The zero-order valence-corrected chi connectivity index (χ0v) is 20.1. The first-order chi connectivity index (χ1) is 17.7. The van der Waals surface area contributed by atoms with Crippen LogP contribution in [0.3, 0.4) is 0 Å². The summed E-state index contributed by atoms with van der Waals surface area (Å²) >= 11 is 0. The molecule has 5 heteroatoms. The molecule has 36 heavy (non-hydrogen) atoms. The minimum Gasteiger partial charge on any atom is -0.491 e. The monoisotopic (exact) mass is 477 g/mol. The van der Waals surface area contributed by atoms with Crippen LogP contribution < -0.4 is 14.4 Å². The first kappa shape index (κ1) is 22.4. The van der Waals surface area contributed by atoms with Crippen molar-refractivity contribution in [3.05, 3.63) is 125 Å². The standard InChI is InChI=1S/C31H27NO4/c1-34-18-19-35-24-16-17-26-28(20-24)36-21-31(26)25-14-8-9-15-27(25)32(30(31)33)29(22-10-4-2-5-11-22)23-12-6-3-7-13-23/h2-17,20,29H,18-19,21H2,1H3. The molecule has 4 aromatic carbocycles. The Morgan fingerprint density at radius 1 is 0.833 bits per heavy atom. The minimum atomic E-state index is -0.904. The van der Waals surface area contributed by atoms with Crippen LogP contribution >= 0.6 is 0 Å². The third-order valence-electron chi connectivity index (χ3n) is 7.11. The molecular weight excluding hydrogens is 450 g/mol. The first-order valence-electron chi connectivity index (χ1n) is 12.2. The van der Waals surface area contributed by atoms with E-state index in [4.69, 9.17) is 14.2 Å². The van der Waals surface area contributed by atoms with Crippen molar-refractivity contribution >= 4 is 11.6 Å². The van der Waals surface area contributed by atoms with E-state index in [2.05, 4.69) is 30.3 Å². The van der Waals surface area contributed by atoms with Crippen LogP contribution in [0.2, 0.25) is 0 Å². The van der Waals surface area contributed by atoms with Gasteiger partial charge < -0.3 is 14.2 Å². The molecule has 0 aliphatic carbocycles. The lowest BCUT2D eigenvalue weighted by atomic mass is 9.77. The van der Waals surface area contributed by atoms with E-state index in [1.54, 1.807) is 7.11 Å². The quantitative estimate of drug-likeness (QED) is 0.329. The van der Waals surface area contributed by atoms with E-state index < -0.39 is 5.41 Å². The number of benzene rings is 4. The highest BCUT2D eigenvalue weighted by atomic mass is 16.5. The van der Waals surface area contributed by atoms with Crippen molar-refractivity contribution in [2.24, 2.45) is 0 Å². The molecular formula is C31H27NO4. The lowest BCUT2D eigenvalue weighted by molar-refractivity contribution is -0.122. The maximum Gasteiger partial charge on any atom is 0.246 e. The molecule has 0 bridgehead atoms. The fourth-order valence-electron chi connectivity index (χ4n) is 5.46. The van der Waals surface area contributed by atoms with E-state index in [-0.39, 0.29) is 18.6 Å². The number of carbonyl (C=O) groups is 1. The van der Waals surface area contributed by atoms with Crippen molar-refractivity contribution in [2.75, 3.05) is 31.8 Å². The van der Waals surface area contributed by atoms with E-state index in [1.807, 2.05) is 77.7 Å². The summed E-state index contributed by atoms with van der Waals surface area (Å²) in [6.45, 7) is 1.21. The molecule has 0 N–H and O–H groups in total. The molecule has 1 amide bonds. The second-order valence-electron chi connectivity index (χ2n) is 9.11. The predicted molar refractivity (Wildman–Crippen MR) is 139 cm³/mol. The van der Waals surface area contributed by atoms with Crippen LogP contribution in [-0.2, 0) is 14.9 Å². The highest BCUT2D eigenvalue weighted by molar-refractivity contribution is 6.12. The number of hydrogen-bond donors (Lipinski definition) is 0. The maximum absolute atomic E-state index is 14.6. The summed E-state index contributed by atoms with van der Waals surface area (Å²) in [5, 5.41) is 0. The van der Waals surface area contributed by atoms with Gasteiger partial charge in [-0.25, -0.2) is 0 Å². The minimum absolute atomic E-state index is 0.0215. The zero-order chi connectivity index (χ0) is 24.5. The first-order valence-corrected chi connectivity index (χ1v) is 12.2. The molecule has 4 aromatic rings. The Labute approximate surface area is 210 Å². The second-order valence-corrected chi connectivity index (χ2v) is 9.11. The highest BCUT2D eigenvalue weighted by Gasteiger charge is 2.58. The topological polar surface area (TPSA) is 48.0 Å². The van der Waals surface area contributed by atoms with E-state index >= 15 is 0 Å². The van der Waals surface area contributed by atoms with E-state index in [1.165, 1.54) is 0 Å². The number of anilines is 1. The lowest BCUT2D eigenvalue weighted by Gasteiger charge is -2.31. The van der Waals surface area contributed by atoms with Gasteiger partial charge >= 0.3 is 0 Å². The Morgan fingerprint density at radius 2 is 1.50 bits per heavy atom. The summed E-state index contributed by atoms with van der Waals surface area (Å²) in [6.07, 6.45) is 0. The third-order valence-corrected chi connectivity index (χ3v) is 7.11. The number of rotatable bonds is 7. The molecule has 0 saturated heterocycles. The molecule has 2 heterocycles. The molecule has 0 fully saturated rings. The lowest BCUT2D eigenvalue weighted by Crippen LogP contribution is -2.44. The second kappa shape index (κ2) is 9.17. The average molecular weight is 478 g/mol. The molecule has 0 aromatic heterocycles. The van der Waals surface area contributed by atoms with Gasteiger partial charge in [-0.05, 0) is 28.8 Å². The van der Waals surface area contributed by atoms with Crippen LogP contribution in [0.5, 0.6) is 11.5 Å². The predicted octanol–water partition coefficient (Wildman–Crippen LogP) is 5.53. The molecule has 2 aliphatic heterocycles. The van der Waals surface area contributed by atoms with Crippen molar-refractivity contribution in [3.63, 3.8) is 0 Å². The van der Waals surface area contributed by atoms with Crippen LogP contribution in [0, 0.1) is 0 Å². The van der Waals surface area contributed by atoms with Crippen molar-refractivity contribution in [3.8, 4) is 11.5 Å². The van der Waals surface area contributed by atoms with E-state index in [9.17, 15) is 4.79 Å². The van der Waals surface area contributed by atoms with Crippen LogP contribution in [0.1, 0.15) is 28.3 Å². The van der Waals surface area contributed by atoms with Crippen molar-refractivity contribution in [2.45, 2.75) is 11.5 Å². The van der Waals surface area contributed by atoms with Crippen LogP contribution in [0.25, 0.3) is 0 Å². The number of methoxy groups -OCH3 is 1. The number of nitrogens with zero attached hydrogens (tertiary/aromatic N) is 1. The Morgan fingerprint density at radius 3 is 2.19 bits per heavy atom. The highest BCUT2D eigenvalue weighted by Crippen LogP contribution is 2.55. The summed E-state index contributed by atoms with van der Waals surface area (Å²) in [4.78, 5) is 16.6. The van der Waals surface area contributed by atoms with Crippen molar-refractivity contribution in [1.82, 2.24) is 0 Å². The molecule has 2 aliphatic rings. The number of para-hydroxylation sites is 1. The van der Waals surface area contributed by atoms with Gasteiger partial charge in [0.1, 0.15) is 30.1 Å². The molecule has 5 nitrogen and oxygen atoms in total. The molecule has 180 valence electrons. The van der Waals surface area contributed by atoms with Gasteiger partial charge in [-0.1, -0.05) is 84.9 Å². The van der Waals surface area contributed by atoms with Crippen molar-refractivity contribution < 1.29 is 19.0 Å². The maximum atomic E-state index is 14.6. The molecule has 1 atom stereocenters. The Hall–Kier alpha value is -4.09. The summed E-state index contributed by atoms with van der Waals surface area (Å²) < 4.78 is 17.1. The van der Waals surface area contributed by atoms with Crippen molar-refractivity contribution in [1.29, 1.82) is 0 Å². The van der Waals surface area contributed by atoms with Crippen LogP contribution in [-0.4, -0.2) is 32.8 Å². The van der Waals surface area contributed by atoms with E-state index in [0.29, 0.717) is 24.7 Å². The van der Waals surface area contributed by atoms with Gasteiger partial charge in [0.2, 0.25) is 5.91 Å². The molecule has 1 spiro atoms. The fraction of sp³-hybridized carbons (Fsp3) is 0.194. The number of hydrogen-bond acceptors (Lipinski definition) is 4. The van der Waals surface area contributed by atoms with Gasteiger partial charge in [0.15, 0.2) is 0 Å². The van der Waals surface area contributed by atoms with Gasteiger partial charge in [0.05, 0.1) is 12.6 Å². The fourth-order valence-corrected chi connectivity index (χ4v) is 5.46. The van der Waals surface area contributed by atoms with Crippen LogP contribution in [0.4, 0.5) is 5.69 Å². The van der Waals surface area contributed by atoms with Gasteiger partial charge in [0, 0.05) is 24.4 Å². The molecule has 1 unspecified atom stereocenters. The Balaban J connectivity index is 1.48. The number of carbonyl (C=O) groups excluding carboxylic acids is 1. The zero-order valence-electron chi connectivity index (χ0n) is 20.1. The summed E-state index contributed by atoms with van der Waals surface area (Å²) in [5.41, 5.74) is 3.98. The van der Waals surface area contributed by atoms with Crippen LogP contribution in [0.15, 0.2) is 103 Å². The molecule has 0 radical (unpaired) electrons. The SMILES string of the molecule is COCCOc1ccc2c(c1)OCC21C(=O)N(C(c2ccccc2)c2ccccc2)c2ccccc21. The summed E-state index contributed by atoms with van der Waals surface area (Å²) in [7, 11) is 1.64. The van der Waals surface area contributed by atoms with Gasteiger partial charge in [-0.2, -0.15) is 0 Å². The third kappa shape index (κ3) is 3.47. The average Bonchev–Trinajstić information content (AvgIpc) is 3.43. The number of fused-ring (bicyclic) bond motifs is 4. The summed E-state index contributed by atoms with van der Waals surface area (Å²) in [6, 6.07) is 34.0. The van der Waals surface area contributed by atoms with Gasteiger partial charge in [-0.3, -0.25) is 9.69 Å². The largest absolute Gasteiger partial charge is 0.491 e.